The van der Waals surface area contributed by atoms with Crippen LogP contribution in [0.5, 0.6) is 0 Å². The molecule has 14 nitrogen and oxygen atoms in total. The Hall–Kier alpha value is -3.65. The van der Waals surface area contributed by atoms with E-state index in [9.17, 15) is 0 Å². The number of allylic oxidation sites excluding steroid dienone is 2. The Balaban J connectivity index is -0.0000000678. The van der Waals surface area contributed by atoms with Crippen LogP contribution >= 0.6 is 0 Å². The van der Waals surface area contributed by atoms with Crippen molar-refractivity contribution in [3.63, 3.8) is 0 Å². The van der Waals surface area contributed by atoms with Crippen LogP contribution in [-0.4, -0.2) is 96.3 Å². The number of nitrogens with one attached hydrogen (secondary N) is 3. The van der Waals surface area contributed by atoms with Gasteiger partial charge in [0.25, 0.3) is 0 Å². The lowest BCUT2D eigenvalue weighted by Gasteiger charge is -2.19. The van der Waals surface area contributed by atoms with Crippen molar-refractivity contribution in [1.29, 1.82) is 0 Å². The zero-order valence-electron chi connectivity index (χ0n) is 78.2. The number of aliphatic imine (C=N–C) groups is 3. The zero-order chi connectivity index (χ0) is 82.8. The van der Waals surface area contributed by atoms with Crippen LogP contribution in [0.15, 0.2) is 80.4 Å². The number of azo groups is 3. The summed E-state index contributed by atoms with van der Waals surface area (Å²) < 4.78 is 0. The quantitative estimate of drug-likeness (QED) is 0.0810. The van der Waals surface area contributed by atoms with Gasteiger partial charge in [0.1, 0.15) is 0 Å². The van der Waals surface area contributed by atoms with E-state index in [1.165, 1.54) is 0 Å². The summed E-state index contributed by atoms with van der Waals surface area (Å²) in [6.07, 6.45) is 18.2. The van der Waals surface area contributed by atoms with Gasteiger partial charge in [-0.2, -0.15) is 40.9 Å². The molecule has 0 unspecified atom stereocenters. The van der Waals surface area contributed by atoms with Gasteiger partial charge < -0.3 is 10.6 Å². The van der Waals surface area contributed by atoms with Crippen LogP contribution in [-0.2, 0) is 0 Å². The maximum atomic E-state index is 4.37. The summed E-state index contributed by atoms with van der Waals surface area (Å²) >= 11 is 0. The molecule has 0 saturated carbocycles. The molecule has 0 aliphatic rings. The number of nitrogens with zero attached hydrogens (tertiary/aromatic N) is 11. The molecule has 596 valence electrons. The smallest absolute Gasteiger partial charge is 0.0884 e. The fourth-order valence-corrected chi connectivity index (χ4v) is 3.82. The van der Waals surface area contributed by atoms with Gasteiger partial charge in [-0.15, -0.1) is 0 Å². The summed E-state index contributed by atoms with van der Waals surface area (Å²) in [5.41, 5.74) is 1.85. The predicted octanol–water partition coefficient (Wildman–Crippen LogP) is 28.7. The second-order valence-electron chi connectivity index (χ2n) is 36.6. The van der Waals surface area contributed by atoms with Gasteiger partial charge in [0.15, 0.2) is 0 Å². The molecule has 0 aromatic heterocycles. The third-order valence-electron chi connectivity index (χ3n) is 7.82. The van der Waals surface area contributed by atoms with Gasteiger partial charge in [0.05, 0.1) is 41.7 Å². The molecule has 0 spiro atoms. The molecule has 0 radical (unpaired) electrons. The van der Waals surface area contributed by atoms with Crippen molar-refractivity contribution >= 4 is 31.2 Å². The highest BCUT2D eigenvalue weighted by Crippen LogP contribution is 2.20. The van der Waals surface area contributed by atoms with Crippen LogP contribution in [0.25, 0.3) is 0 Å². The molecular weight excluding hydrogens is 1210 g/mol. The Bertz CT molecular complexity index is 1640. The van der Waals surface area contributed by atoms with E-state index in [4.69, 9.17) is 0 Å². The Morgan fingerprint density at radius 3 is 0.837 bits per heavy atom. The van der Waals surface area contributed by atoms with Gasteiger partial charge >= 0.3 is 0 Å². The molecule has 0 rings (SSSR count). The summed E-state index contributed by atoms with van der Waals surface area (Å²) in [6.45, 7) is 120. The Morgan fingerprint density at radius 1 is 0.306 bits per heavy atom. The number of hydrogen-bond acceptors (Lipinski definition) is 13. The molecule has 0 aromatic carbocycles. The highest BCUT2D eigenvalue weighted by atomic mass is 15.2. The summed E-state index contributed by atoms with van der Waals surface area (Å²) in [4.78, 5) is 13.0. The minimum atomic E-state index is -0.0672. The maximum absolute atomic E-state index is 4.37. The first-order valence-corrected chi connectivity index (χ1v) is 37.9. The summed E-state index contributed by atoms with van der Waals surface area (Å²) in [5.74, 6) is 0. The molecule has 0 aliphatic carbocycles. The summed E-state index contributed by atoms with van der Waals surface area (Å²) in [5, 5.41) is 42.3. The van der Waals surface area contributed by atoms with E-state index in [1.54, 1.807) is 12.4 Å². The number of rotatable bonds is 11. The monoisotopic (exact) mass is 1400 g/mol. The lowest BCUT2D eigenvalue weighted by molar-refractivity contribution is 0.378. The molecule has 0 atom stereocenters. The lowest BCUT2D eigenvalue weighted by atomic mass is 9.93. The fourth-order valence-electron chi connectivity index (χ4n) is 3.82. The molecule has 0 fully saturated rings. The van der Waals surface area contributed by atoms with Crippen LogP contribution < -0.4 is 16.0 Å². The molecule has 98 heavy (non-hydrogen) atoms. The minimum Gasteiger partial charge on any atom is -0.372 e. The van der Waals surface area contributed by atoms with E-state index in [0.717, 1.165) is 26.1 Å². The molecule has 0 aliphatic heterocycles. The third-order valence-corrected chi connectivity index (χ3v) is 7.82. The average Bonchev–Trinajstić information content (AvgIpc) is 1.25. The van der Waals surface area contributed by atoms with Crippen molar-refractivity contribution in [2.45, 2.75) is 433 Å². The van der Waals surface area contributed by atoms with Gasteiger partial charge in [-0.3, -0.25) is 20.3 Å². The molecule has 0 amide bonds. The van der Waals surface area contributed by atoms with Crippen molar-refractivity contribution in [3.8, 4) is 0 Å². The van der Waals surface area contributed by atoms with Crippen molar-refractivity contribution in [3.05, 3.63) is 24.6 Å². The molecule has 0 aromatic rings. The molecule has 0 saturated heterocycles. The number of hydrogen-bond donors (Lipinski definition) is 3. The first kappa shape index (κ1) is 127. The minimum absolute atomic E-state index is 0.0160. The summed E-state index contributed by atoms with van der Waals surface area (Å²) in [7, 11) is 0. The van der Waals surface area contributed by atoms with Crippen molar-refractivity contribution < 1.29 is 0 Å². The molecule has 0 bridgehead atoms. The third kappa shape index (κ3) is 219. The highest BCUT2D eigenvalue weighted by molar-refractivity contribution is 5.67. The summed E-state index contributed by atoms with van der Waals surface area (Å²) in [6, 6.07) is 0. The Labute approximate surface area is 621 Å². The Morgan fingerprint density at radius 2 is 0.612 bits per heavy atom. The second kappa shape index (κ2) is 67.8. The topological polar surface area (TPSA) is 172 Å². The van der Waals surface area contributed by atoms with Gasteiger partial charge in [-0.05, 0) is 190 Å². The normalized spacial score (nSPS) is 12.8. The molecule has 3 N–H and O–H groups in total. The van der Waals surface area contributed by atoms with Crippen molar-refractivity contribution in [2.75, 3.05) is 26.3 Å². The second-order valence-corrected chi connectivity index (χ2v) is 36.6. The first-order chi connectivity index (χ1) is 43.4. The van der Waals surface area contributed by atoms with E-state index < -0.39 is 0 Å². The van der Waals surface area contributed by atoms with Crippen LogP contribution in [0.1, 0.15) is 394 Å². The van der Waals surface area contributed by atoms with Crippen LogP contribution in [0.2, 0.25) is 0 Å². The average molecular weight is 1400 g/mol. The van der Waals surface area contributed by atoms with Crippen molar-refractivity contribution in [1.82, 2.24) is 16.0 Å². The lowest BCUT2D eigenvalue weighted by Crippen LogP contribution is -2.37. The van der Waals surface area contributed by atoms with Crippen LogP contribution in [0.3, 0.4) is 0 Å². The van der Waals surface area contributed by atoms with Crippen LogP contribution in [0, 0.1) is 37.9 Å². The highest BCUT2D eigenvalue weighted by Gasteiger charge is 2.14. The van der Waals surface area contributed by atoms with E-state index >= 15 is 0 Å². The standard InChI is InChI=1S/2C10H22N2.C10H20N2.2C10H22N2.2C10H20N2.7C2H6/c2*1-9(2,3)7-11-8-12-10(4,5)6;1-9(2,3)7-11-12-8-10(4,5)6;1-9(2,3)11-7-8-12-10(4,5)6;3*1-9(2,3)7-8-11-12-10(4,5)6;7*1-2/h8H,7H2,1-6H3,(H,11,12);7,12H,8H2,1-6H3;7-8H,1-6H3;7,12H,8H2,1-6H3;7-8H2,1-6H3;2*7-8H,1-6H3;7*1-2H3/b;;11-7-,12-8-;;;2*8-7-,12-11?;;;;;;;. The van der Waals surface area contributed by atoms with E-state index in [0.29, 0.717) is 12.1 Å². The van der Waals surface area contributed by atoms with E-state index in [2.05, 4.69) is 321 Å². The molecule has 0 heterocycles. The predicted molar refractivity (Wildman–Crippen MR) is 463 cm³/mol. The zero-order valence-corrected chi connectivity index (χ0v) is 78.2. The van der Waals surface area contributed by atoms with Crippen molar-refractivity contribution in [2.24, 2.45) is 93.8 Å². The van der Waals surface area contributed by atoms with Crippen LogP contribution in [0.4, 0.5) is 0 Å². The first-order valence-electron chi connectivity index (χ1n) is 37.9. The van der Waals surface area contributed by atoms with E-state index in [-0.39, 0.29) is 71.3 Å². The molecule has 14 heteroatoms. The van der Waals surface area contributed by atoms with Gasteiger partial charge in [0, 0.05) is 67.0 Å². The van der Waals surface area contributed by atoms with Gasteiger partial charge in [-0.25, -0.2) is 0 Å². The van der Waals surface area contributed by atoms with E-state index in [1.807, 2.05) is 182 Å². The SMILES string of the molecule is CC.CC.CC.CC.CC.CC.CC.CC(C)(C)/C=C\N=NC(C)(C)C.CC(C)(C)/C=C\N=NC(C)(C)C.CC(C)(C)/C=N\N=C/C(C)(C)C.CC(C)(C)C=NCNC(C)(C)C.CC(C)(C)CCN=NC(C)(C)C.CC(C)(C)CN=CNC(C)(C)C.CC(C)(C)N=CCNC(C)(C)C. The Kier molecular flexibility index (Phi) is 88.1. The largest absolute Gasteiger partial charge is 0.372 e. The van der Waals surface area contributed by atoms with Gasteiger partial charge in [0.2, 0.25) is 0 Å². The van der Waals surface area contributed by atoms with Gasteiger partial charge in [-0.1, -0.05) is 254 Å². The fraction of sp³-hybridized carbons (Fsp3) is 0.893. The molecular formula is C84H190N14. The maximum Gasteiger partial charge on any atom is 0.0884 e.